The summed E-state index contributed by atoms with van der Waals surface area (Å²) in [5.74, 6) is 0. The van der Waals surface area contributed by atoms with E-state index in [9.17, 15) is 0 Å². The molecule has 0 saturated carbocycles. The molecule has 1 aromatic rings. The first-order valence-electron chi connectivity index (χ1n) is 6.42. The van der Waals surface area contributed by atoms with Crippen LogP contribution in [-0.2, 0) is 0 Å². The van der Waals surface area contributed by atoms with Gasteiger partial charge in [0.25, 0.3) is 0 Å². The van der Waals surface area contributed by atoms with Gasteiger partial charge in [-0.3, -0.25) is 4.90 Å². The Morgan fingerprint density at radius 2 is 1.94 bits per heavy atom. The monoisotopic (exact) mass is 264 g/mol. The summed E-state index contributed by atoms with van der Waals surface area (Å²) in [5, 5.41) is 4.09. The van der Waals surface area contributed by atoms with Crippen LogP contribution in [0.1, 0.15) is 25.5 Å². The molecule has 1 heterocycles. The highest BCUT2D eigenvalue weighted by molar-refractivity contribution is 6.30. The van der Waals surface area contributed by atoms with Gasteiger partial charge in [-0.15, -0.1) is 0 Å². The summed E-state index contributed by atoms with van der Waals surface area (Å²) in [6.45, 7) is 7.63. The summed E-state index contributed by atoms with van der Waals surface area (Å²) in [6.07, 6.45) is 0. The van der Waals surface area contributed by atoms with Gasteiger partial charge in [-0.05, 0) is 44.2 Å². The molecule has 1 unspecified atom stereocenters. The number of likely N-dealkylation sites (N-methyl/N-ethyl adjacent to an activating group) is 1. The molecule has 0 bridgehead atoms. The minimum absolute atomic E-state index is 0.408. The fourth-order valence-corrected chi connectivity index (χ4v) is 2.30. The zero-order valence-electron chi connectivity index (χ0n) is 11.3. The normalized spacial score (nSPS) is 16.6. The Morgan fingerprint density at radius 3 is 2.44 bits per heavy atom. The molecule has 0 aromatic heterocycles. The molecule has 1 saturated heterocycles. The van der Waals surface area contributed by atoms with Gasteiger partial charge in [0, 0.05) is 30.7 Å². The molecule has 2 rings (SSSR count). The molecule has 18 heavy (non-hydrogen) atoms. The minimum atomic E-state index is 0.408. The van der Waals surface area contributed by atoms with Crippen LogP contribution >= 0.6 is 11.6 Å². The van der Waals surface area contributed by atoms with E-state index in [4.69, 9.17) is 11.6 Å². The van der Waals surface area contributed by atoms with E-state index in [-0.39, 0.29) is 0 Å². The van der Waals surface area contributed by atoms with Gasteiger partial charge in [0.15, 0.2) is 0 Å². The van der Waals surface area contributed by atoms with Crippen molar-refractivity contribution in [3.63, 3.8) is 0 Å². The molecule has 1 atom stereocenters. The molecule has 0 amide bonds. The van der Waals surface area contributed by atoms with E-state index >= 15 is 0 Å². The average Bonchev–Trinajstić information content (AvgIpc) is 2.26. The number of halogens is 1. The second-order valence-corrected chi connectivity index (χ2v) is 5.57. The highest BCUT2D eigenvalue weighted by Gasteiger charge is 2.15. The van der Waals surface area contributed by atoms with Crippen LogP contribution in [0.15, 0.2) is 35.4 Å². The SMILES string of the molecule is CC(CN(C)C(C)c1ccc(Cl)cc1)=C1CNC1. The molecule has 0 spiro atoms. The number of benzene rings is 1. The molecule has 1 aromatic carbocycles. The summed E-state index contributed by atoms with van der Waals surface area (Å²) in [4.78, 5) is 2.38. The van der Waals surface area contributed by atoms with Gasteiger partial charge in [0.1, 0.15) is 0 Å². The molecule has 3 heteroatoms. The zero-order valence-corrected chi connectivity index (χ0v) is 12.1. The van der Waals surface area contributed by atoms with Gasteiger partial charge >= 0.3 is 0 Å². The molecule has 2 nitrogen and oxygen atoms in total. The van der Waals surface area contributed by atoms with Gasteiger partial charge in [0.05, 0.1) is 0 Å². The number of hydrogen-bond acceptors (Lipinski definition) is 2. The van der Waals surface area contributed by atoms with Crippen molar-refractivity contribution in [3.05, 3.63) is 46.0 Å². The molecule has 1 aliphatic heterocycles. The van der Waals surface area contributed by atoms with Gasteiger partial charge in [-0.1, -0.05) is 29.3 Å². The van der Waals surface area contributed by atoms with Crippen LogP contribution < -0.4 is 5.32 Å². The van der Waals surface area contributed by atoms with E-state index in [0.717, 1.165) is 24.7 Å². The van der Waals surface area contributed by atoms with E-state index in [0.29, 0.717) is 6.04 Å². The molecular weight excluding hydrogens is 244 g/mol. The maximum atomic E-state index is 5.92. The van der Waals surface area contributed by atoms with Gasteiger partial charge in [-0.2, -0.15) is 0 Å². The summed E-state index contributed by atoms with van der Waals surface area (Å²) < 4.78 is 0. The third-order valence-corrected chi connectivity index (χ3v) is 4.03. The molecule has 1 N–H and O–H groups in total. The van der Waals surface area contributed by atoms with Crippen molar-refractivity contribution < 1.29 is 0 Å². The van der Waals surface area contributed by atoms with Crippen LogP contribution in [-0.4, -0.2) is 31.6 Å². The first-order valence-corrected chi connectivity index (χ1v) is 6.79. The fourth-order valence-electron chi connectivity index (χ4n) is 2.17. The summed E-state index contributed by atoms with van der Waals surface area (Å²) in [6, 6.07) is 8.55. The maximum Gasteiger partial charge on any atom is 0.0406 e. The molecule has 98 valence electrons. The second-order valence-electron chi connectivity index (χ2n) is 5.13. The highest BCUT2D eigenvalue weighted by atomic mass is 35.5. The Morgan fingerprint density at radius 1 is 1.33 bits per heavy atom. The van der Waals surface area contributed by atoms with Gasteiger partial charge in [0.2, 0.25) is 0 Å². The number of nitrogens with one attached hydrogen (secondary N) is 1. The summed E-state index contributed by atoms with van der Waals surface area (Å²) in [7, 11) is 2.18. The smallest absolute Gasteiger partial charge is 0.0406 e. The zero-order chi connectivity index (χ0) is 13.1. The lowest BCUT2D eigenvalue weighted by Gasteiger charge is -2.29. The molecule has 1 aliphatic rings. The Balaban J connectivity index is 2.00. The van der Waals surface area contributed by atoms with Crippen LogP contribution in [0.5, 0.6) is 0 Å². The number of rotatable bonds is 4. The molecular formula is C15H21ClN2. The molecule has 0 aliphatic carbocycles. The van der Waals surface area contributed by atoms with Crippen LogP contribution in [0.3, 0.4) is 0 Å². The Bertz CT molecular complexity index is 430. The Labute approximate surface area is 115 Å². The lowest BCUT2D eigenvalue weighted by molar-refractivity contribution is 0.282. The van der Waals surface area contributed by atoms with Crippen molar-refractivity contribution in [2.45, 2.75) is 19.9 Å². The number of nitrogens with zero attached hydrogens (tertiary/aromatic N) is 1. The van der Waals surface area contributed by atoms with Gasteiger partial charge in [-0.25, -0.2) is 0 Å². The van der Waals surface area contributed by atoms with E-state index < -0.39 is 0 Å². The van der Waals surface area contributed by atoms with Crippen LogP contribution in [0.4, 0.5) is 0 Å². The fraction of sp³-hybridized carbons (Fsp3) is 0.467. The molecule has 1 fully saturated rings. The van der Waals surface area contributed by atoms with Crippen molar-refractivity contribution in [3.8, 4) is 0 Å². The predicted octanol–water partition coefficient (Wildman–Crippen LogP) is 3.25. The Kier molecular flexibility index (Phi) is 4.44. The minimum Gasteiger partial charge on any atom is -0.309 e. The maximum absolute atomic E-state index is 5.92. The van der Waals surface area contributed by atoms with Gasteiger partial charge < -0.3 is 5.32 Å². The summed E-state index contributed by atoms with van der Waals surface area (Å²) in [5.41, 5.74) is 4.37. The van der Waals surface area contributed by atoms with Crippen molar-refractivity contribution in [2.24, 2.45) is 0 Å². The number of hydrogen-bond donors (Lipinski definition) is 1. The summed E-state index contributed by atoms with van der Waals surface area (Å²) >= 11 is 5.92. The quantitative estimate of drug-likeness (QED) is 0.840. The highest BCUT2D eigenvalue weighted by Crippen LogP contribution is 2.22. The predicted molar refractivity (Wildman–Crippen MR) is 78.1 cm³/mol. The lowest BCUT2D eigenvalue weighted by Crippen LogP contribution is -2.36. The first-order chi connectivity index (χ1) is 8.58. The third-order valence-electron chi connectivity index (χ3n) is 3.78. The lowest BCUT2D eigenvalue weighted by atomic mass is 10.0. The van der Waals surface area contributed by atoms with E-state index in [1.54, 1.807) is 5.57 Å². The van der Waals surface area contributed by atoms with Crippen LogP contribution in [0, 0.1) is 0 Å². The van der Waals surface area contributed by atoms with Crippen molar-refractivity contribution in [2.75, 3.05) is 26.7 Å². The first kappa shape index (κ1) is 13.6. The van der Waals surface area contributed by atoms with Crippen LogP contribution in [0.25, 0.3) is 0 Å². The standard InChI is InChI=1S/C15H21ClN2/c1-11(14-8-17-9-14)10-18(3)12(2)13-4-6-15(16)7-5-13/h4-7,12,17H,8-10H2,1-3H3. The van der Waals surface area contributed by atoms with Crippen molar-refractivity contribution in [1.29, 1.82) is 0 Å². The van der Waals surface area contributed by atoms with E-state index in [1.165, 1.54) is 11.1 Å². The van der Waals surface area contributed by atoms with E-state index in [1.807, 2.05) is 12.1 Å². The average molecular weight is 265 g/mol. The largest absolute Gasteiger partial charge is 0.309 e. The van der Waals surface area contributed by atoms with Crippen LogP contribution in [0.2, 0.25) is 5.02 Å². The second kappa shape index (κ2) is 5.87. The van der Waals surface area contributed by atoms with Crippen molar-refractivity contribution in [1.82, 2.24) is 10.2 Å². The molecule has 0 radical (unpaired) electrons. The Hall–Kier alpha value is -0.830. The third kappa shape index (κ3) is 3.14. The van der Waals surface area contributed by atoms with E-state index in [2.05, 4.69) is 43.2 Å². The topological polar surface area (TPSA) is 15.3 Å². The van der Waals surface area contributed by atoms with Crippen molar-refractivity contribution >= 4 is 11.6 Å².